The van der Waals surface area contributed by atoms with E-state index in [1.807, 2.05) is 6.92 Å². The van der Waals surface area contributed by atoms with E-state index in [0.717, 1.165) is 26.2 Å². The van der Waals surface area contributed by atoms with E-state index in [1.165, 1.54) is 9.80 Å². The maximum absolute atomic E-state index is 12.6. The summed E-state index contributed by atoms with van der Waals surface area (Å²) in [6.45, 7) is 5.87. The van der Waals surface area contributed by atoms with Crippen molar-refractivity contribution in [3.63, 3.8) is 0 Å². The van der Waals surface area contributed by atoms with E-state index in [2.05, 4.69) is 10.6 Å². The standard InChI is InChI=1S/C17H25ClN4O3/c1-12(22-8-6-21(7-9-22)11-16(23)19-2)17(24)20-14-10-13(18)4-5-15(14)25-3/h4-5,10,12H,6-9,11H2,1-3H3,(H,19,23)(H,20,24)/p+2/t12-/m1/s1. The van der Waals surface area contributed by atoms with Gasteiger partial charge in [0, 0.05) is 12.1 Å². The number of methoxy groups -OCH3 is 1. The van der Waals surface area contributed by atoms with Crippen LogP contribution in [0, 0.1) is 0 Å². The highest BCUT2D eigenvalue weighted by Gasteiger charge is 2.32. The predicted octanol–water partition coefficient (Wildman–Crippen LogP) is -1.79. The van der Waals surface area contributed by atoms with Crippen LogP contribution in [0.4, 0.5) is 5.69 Å². The minimum Gasteiger partial charge on any atom is -0.495 e. The van der Waals surface area contributed by atoms with Crippen LogP contribution >= 0.6 is 11.6 Å². The van der Waals surface area contributed by atoms with Gasteiger partial charge in [0.2, 0.25) is 0 Å². The van der Waals surface area contributed by atoms with E-state index in [-0.39, 0.29) is 17.9 Å². The van der Waals surface area contributed by atoms with Gasteiger partial charge in [0.1, 0.15) is 31.9 Å². The topological polar surface area (TPSA) is 76.3 Å². The Morgan fingerprint density at radius 2 is 1.96 bits per heavy atom. The summed E-state index contributed by atoms with van der Waals surface area (Å²) in [4.78, 5) is 26.5. The smallest absolute Gasteiger partial charge is 0.282 e. The van der Waals surface area contributed by atoms with Gasteiger partial charge in [0.15, 0.2) is 12.6 Å². The van der Waals surface area contributed by atoms with Crippen molar-refractivity contribution in [3.8, 4) is 5.75 Å². The van der Waals surface area contributed by atoms with Crippen molar-refractivity contribution in [3.05, 3.63) is 23.2 Å². The second kappa shape index (κ2) is 9.03. The number of rotatable bonds is 6. The van der Waals surface area contributed by atoms with Crippen LogP contribution < -0.4 is 25.2 Å². The molecule has 7 nitrogen and oxygen atoms in total. The molecular weight excluding hydrogens is 344 g/mol. The van der Waals surface area contributed by atoms with Crippen molar-refractivity contribution in [2.24, 2.45) is 0 Å². The quantitative estimate of drug-likeness (QED) is 0.477. The lowest BCUT2D eigenvalue weighted by atomic mass is 10.2. The van der Waals surface area contributed by atoms with Crippen LogP contribution in [-0.4, -0.2) is 64.7 Å². The zero-order valence-electron chi connectivity index (χ0n) is 14.9. The van der Waals surface area contributed by atoms with E-state index in [9.17, 15) is 9.59 Å². The number of benzene rings is 1. The Hall–Kier alpha value is -1.83. The molecule has 0 radical (unpaired) electrons. The van der Waals surface area contributed by atoms with Gasteiger partial charge in [-0.3, -0.25) is 9.59 Å². The van der Waals surface area contributed by atoms with Gasteiger partial charge in [0.25, 0.3) is 11.8 Å². The average Bonchev–Trinajstić information content (AvgIpc) is 2.61. The lowest BCUT2D eigenvalue weighted by Crippen LogP contribution is -3.30. The Balaban J connectivity index is 1.91. The maximum Gasteiger partial charge on any atom is 0.282 e. The molecule has 0 bridgehead atoms. The fourth-order valence-electron chi connectivity index (χ4n) is 3.05. The Morgan fingerprint density at radius 1 is 1.28 bits per heavy atom. The molecule has 2 amide bonds. The number of quaternary nitrogens is 2. The van der Waals surface area contributed by atoms with E-state index in [1.54, 1.807) is 32.4 Å². The predicted molar refractivity (Wildman–Crippen MR) is 96.4 cm³/mol. The molecule has 1 aromatic rings. The lowest BCUT2D eigenvalue weighted by molar-refractivity contribution is -1.01. The average molecular weight is 371 g/mol. The van der Waals surface area contributed by atoms with Gasteiger partial charge in [-0.1, -0.05) is 11.6 Å². The van der Waals surface area contributed by atoms with E-state index in [4.69, 9.17) is 16.3 Å². The molecule has 1 aliphatic heterocycles. The minimum atomic E-state index is -0.190. The molecule has 25 heavy (non-hydrogen) atoms. The first kappa shape index (κ1) is 19.5. The van der Waals surface area contributed by atoms with Crippen LogP contribution in [0.5, 0.6) is 5.75 Å². The zero-order valence-corrected chi connectivity index (χ0v) is 15.7. The van der Waals surface area contributed by atoms with Crippen molar-refractivity contribution >= 4 is 29.1 Å². The van der Waals surface area contributed by atoms with Crippen molar-refractivity contribution in [2.45, 2.75) is 13.0 Å². The van der Waals surface area contributed by atoms with Gasteiger partial charge >= 0.3 is 0 Å². The third kappa shape index (κ3) is 5.32. The van der Waals surface area contributed by atoms with E-state index < -0.39 is 0 Å². The third-order valence-electron chi connectivity index (χ3n) is 4.71. The molecule has 0 spiro atoms. The van der Waals surface area contributed by atoms with Gasteiger partial charge < -0.3 is 25.2 Å². The number of anilines is 1. The molecule has 1 atom stereocenters. The summed E-state index contributed by atoms with van der Waals surface area (Å²) in [5.74, 6) is 0.572. The number of nitrogens with one attached hydrogen (secondary N) is 4. The fraction of sp³-hybridized carbons (Fsp3) is 0.529. The number of carbonyl (C=O) groups excluding carboxylic acids is 2. The molecule has 1 aliphatic rings. The van der Waals surface area contributed by atoms with E-state index in [0.29, 0.717) is 23.0 Å². The van der Waals surface area contributed by atoms with Gasteiger partial charge in [0.05, 0.1) is 12.8 Å². The lowest BCUT2D eigenvalue weighted by Gasteiger charge is -2.32. The molecule has 2 rings (SSSR count). The van der Waals surface area contributed by atoms with Crippen LogP contribution in [0.15, 0.2) is 18.2 Å². The number of halogens is 1. The van der Waals surface area contributed by atoms with E-state index >= 15 is 0 Å². The van der Waals surface area contributed by atoms with Crippen molar-refractivity contribution < 1.29 is 24.1 Å². The second-order valence-corrected chi connectivity index (χ2v) is 6.75. The Morgan fingerprint density at radius 3 is 2.56 bits per heavy atom. The highest BCUT2D eigenvalue weighted by atomic mass is 35.5. The van der Waals surface area contributed by atoms with Gasteiger partial charge in [-0.2, -0.15) is 0 Å². The summed E-state index contributed by atoms with van der Waals surface area (Å²) in [6.07, 6.45) is 0. The monoisotopic (exact) mass is 370 g/mol. The highest BCUT2D eigenvalue weighted by Crippen LogP contribution is 2.27. The first-order valence-electron chi connectivity index (χ1n) is 8.47. The van der Waals surface area contributed by atoms with Gasteiger partial charge in [-0.05, 0) is 25.1 Å². The summed E-state index contributed by atoms with van der Waals surface area (Å²) >= 11 is 6.01. The van der Waals surface area contributed by atoms with Crippen LogP contribution in [0.1, 0.15) is 6.92 Å². The number of amides is 2. The number of piperazine rings is 1. The first-order chi connectivity index (χ1) is 11.9. The molecule has 1 heterocycles. The largest absolute Gasteiger partial charge is 0.495 e. The molecule has 4 N–H and O–H groups in total. The normalized spacial score (nSPS) is 21.3. The minimum absolute atomic E-state index is 0.0530. The van der Waals surface area contributed by atoms with Gasteiger partial charge in [-0.15, -0.1) is 0 Å². The molecular formula is C17H27ClN4O3+2. The molecule has 0 unspecified atom stereocenters. The van der Waals surface area contributed by atoms with Crippen LogP contribution in [0.25, 0.3) is 0 Å². The number of carbonyl (C=O) groups is 2. The third-order valence-corrected chi connectivity index (χ3v) is 4.95. The summed E-state index contributed by atoms with van der Waals surface area (Å²) in [6, 6.07) is 4.95. The van der Waals surface area contributed by atoms with Crippen molar-refractivity contribution in [1.29, 1.82) is 0 Å². The SMILES string of the molecule is CNC(=O)C[NH+]1CC[NH+]([C@H](C)C(=O)Nc2cc(Cl)ccc2OC)CC1. The Labute approximate surface area is 153 Å². The number of ether oxygens (including phenoxy) is 1. The molecule has 0 aliphatic carbocycles. The van der Waals surface area contributed by atoms with Crippen LogP contribution in [-0.2, 0) is 9.59 Å². The molecule has 0 saturated carbocycles. The summed E-state index contributed by atoms with van der Waals surface area (Å²) in [5.41, 5.74) is 0.579. The van der Waals surface area contributed by atoms with Gasteiger partial charge in [-0.25, -0.2) is 0 Å². The fourth-order valence-corrected chi connectivity index (χ4v) is 3.23. The van der Waals surface area contributed by atoms with Crippen LogP contribution in [0.3, 0.4) is 0 Å². The van der Waals surface area contributed by atoms with Crippen molar-refractivity contribution in [1.82, 2.24) is 5.32 Å². The second-order valence-electron chi connectivity index (χ2n) is 6.31. The number of likely N-dealkylation sites (N-methyl/N-ethyl adjacent to an activating group) is 1. The molecule has 0 aromatic heterocycles. The Bertz CT molecular complexity index is 618. The summed E-state index contributed by atoms with van der Waals surface area (Å²) in [5, 5.41) is 6.11. The summed E-state index contributed by atoms with van der Waals surface area (Å²) in [7, 11) is 3.21. The zero-order chi connectivity index (χ0) is 18.4. The number of hydrogen-bond acceptors (Lipinski definition) is 3. The highest BCUT2D eigenvalue weighted by molar-refractivity contribution is 6.31. The molecule has 8 heteroatoms. The molecule has 1 aromatic carbocycles. The molecule has 1 saturated heterocycles. The molecule has 1 fully saturated rings. The van der Waals surface area contributed by atoms with Crippen LogP contribution in [0.2, 0.25) is 5.02 Å². The maximum atomic E-state index is 12.6. The summed E-state index contributed by atoms with van der Waals surface area (Å²) < 4.78 is 5.27. The van der Waals surface area contributed by atoms with Crippen molar-refractivity contribution in [2.75, 3.05) is 52.2 Å². The number of hydrogen-bond donors (Lipinski definition) is 4. The first-order valence-corrected chi connectivity index (χ1v) is 8.85. The Kier molecular flexibility index (Phi) is 7.04. The molecule has 138 valence electrons.